The van der Waals surface area contributed by atoms with Gasteiger partial charge in [-0.1, -0.05) is 23.5 Å². The topological polar surface area (TPSA) is 96.5 Å². The molecule has 3 heterocycles. The zero-order valence-corrected chi connectivity index (χ0v) is 20.9. The summed E-state index contributed by atoms with van der Waals surface area (Å²) in [6, 6.07) is 12.6. The van der Waals surface area contributed by atoms with E-state index in [2.05, 4.69) is 31.6 Å². The second-order valence-electron chi connectivity index (χ2n) is 8.48. The Morgan fingerprint density at radius 3 is 2.58 bits per heavy atom. The molecule has 2 aromatic heterocycles. The summed E-state index contributed by atoms with van der Waals surface area (Å²) in [7, 11) is 0. The largest absolute Gasteiger partial charge is 0.416 e. The fourth-order valence-corrected chi connectivity index (χ4v) is 5.01. The van der Waals surface area contributed by atoms with Crippen molar-refractivity contribution >= 4 is 50.0 Å². The van der Waals surface area contributed by atoms with Gasteiger partial charge >= 0.3 is 6.18 Å². The number of fused-ring (bicyclic) bond motifs is 1. The molecule has 0 unspecified atom stereocenters. The predicted molar refractivity (Wildman–Crippen MR) is 138 cm³/mol. The first-order valence-electron chi connectivity index (χ1n) is 11.6. The SMILES string of the molecule is CC(=O)Nc1nc2c(C(=O)Nc3[c]ccc(C(F)(F)F)c3)c(-c3ccc(N4CCOCC4)nc3)ccc2s1. The number of anilines is 3. The molecule has 0 bridgehead atoms. The van der Waals surface area contributed by atoms with E-state index >= 15 is 0 Å². The molecule has 38 heavy (non-hydrogen) atoms. The zero-order valence-electron chi connectivity index (χ0n) is 20.1. The second kappa shape index (κ2) is 10.4. The Morgan fingerprint density at radius 2 is 1.89 bits per heavy atom. The van der Waals surface area contributed by atoms with Gasteiger partial charge < -0.3 is 20.3 Å². The molecule has 1 aliphatic heterocycles. The lowest BCUT2D eigenvalue weighted by atomic mass is 9.99. The van der Waals surface area contributed by atoms with Crippen molar-refractivity contribution in [2.24, 2.45) is 0 Å². The Hall–Kier alpha value is -4.03. The van der Waals surface area contributed by atoms with Crippen LogP contribution in [-0.4, -0.2) is 48.1 Å². The highest BCUT2D eigenvalue weighted by Crippen LogP contribution is 2.36. The highest BCUT2D eigenvalue weighted by Gasteiger charge is 2.31. The first-order chi connectivity index (χ1) is 18.2. The molecule has 195 valence electrons. The van der Waals surface area contributed by atoms with Crippen molar-refractivity contribution in [1.29, 1.82) is 0 Å². The number of nitrogens with one attached hydrogen (secondary N) is 2. The van der Waals surface area contributed by atoms with Crippen LogP contribution in [0.15, 0.2) is 48.7 Å². The lowest BCUT2D eigenvalue weighted by Crippen LogP contribution is -2.36. The number of hydrogen-bond donors (Lipinski definition) is 2. The number of nitrogens with zero attached hydrogens (tertiary/aromatic N) is 3. The van der Waals surface area contributed by atoms with Crippen molar-refractivity contribution in [3.05, 3.63) is 65.9 Å². The van der Waals surface area contributed by atoms with Crippen LogP contribution < -0.4 is 15.5 Å². The molecular formula is C26H21F3N5O3S. The molecule has 8 nitrogen and oxygen atoms in total. The number of alkyl halides is 3. The van der Waals surface area contributed by atoms with Gasteiger partial charge in [0.25, 0.3) is 5.91 Å². The van der Waals surface area contributed by atoms with Gasteiger partial charge in [0.15, 0.2) is 5.13 Å². The van der Waals surface area contributed by atoms with Gasteiger partial charge in [0.1, 0.15) is 5.82 Å². The number of benzene rings is 2. The number of carbonyl (C=O) groups excluding carboxylic acids is 2. The summed E-state index contributed by atoms with van der Waals surface area (Å²) in [5.74, 6) is -0.223. The van der Waals surface area contributed by atoms with Crippen LogP contribution in [0.4, 0.5) is 29.8 Å². The first kappa shape index (κ1) is 25.6. The van der Waals surface area contributed by atoms with Crippen molar-refractivity contribution in [3.63, 3.8) is 0 Å². The fourth-order valence-electron chi connectivity index (χ4n) is 4.09. The Kier molecular flexibility index (Phi) is 7.00. The minimum Gasteiger partial charge on any atom is -0.378 e. The molecule has 5 rings (SSSR count). The third-order valence-corrected chi connectivity index (χ3v) is 6.78. The normalized spacial score (nSPS) is 13.9. The maximum absolute atomic E-state index is 13.6. The smallest absolute Gasteiger partial charge is 0.378 e. The maximum Gasteiger partial charge on any atom is 0.416 e. The number of aromatic nitrogens is 2. The van der Waals surface area contributed by atoms with Gasteiger partial charge in [-0.05, 0) is 35.9 Å². The summed E-state index contributed by atoms with van der Waals surface area (Å²) in [5, 5.41) is 5.44. The van der Waals surface area contributed by atoms with Crippen molar-refractivity contribution in [1.82, 2.24) is 9.97 Å². The van der Waals surface area contributed by atoms with E-state index in [-0.39, 0.29) is 17.2 Å². The average Bonchev–Trinajstić information content (AvgIpc) is 3.30. The number of halogens is 3. The van der Waals surface area contributed by atoms with Crippen molar-refractivity contribution in [2.45, 2.75) is 13.1 Å². The van der Waals surface area contributed by atoms with Crippen LogP contribution in [0, 0.1) is 6.07 Å². The molecule has 0 saturated carbocycles. The van der Waals surface area contributed by atoms with E-state index in [0.717, 1.165) is 24.0 Å². The van der Waals surface area contributed by atoms with E-state index < -0.39 is 17.6 Å². The molecule has 2 aromatic carbocycles. The van der Waals surface area contributed by atoms with Crippen molar-refractivity contribution < 1.29 is 27.5 Å². The Morgan fingerprint density at radius 1 is 1.11 bits per heavy atom. The minimum atomic E-state index is -4.57. The molecule has 1 radical (unpaired) electrons. The van der Waals surface area contributed by atoms with Gasteiger partial charge in [0.05, 0.1) is 34.6 Å². The first-order valence-corrected chi connectivity index (χ1v) is 12.4. The minimum absolute atomic E-state index is 0.133. The number of pyridine rings is 1. The van der Waals surface area contributed by atoms with E-state index in [1.165, 1.54) is 18.3 Å². The third kappa shape index (κ3) is 5.46. The molecule has 12 heteroatoms. The van der Waals surface area contributed by atoms with Crippen LogP contribution in [0.25, 0.3) is 21.3 Å². The number of morpholine rings is 1. The van der Waals surface area contributed by atoms with Crippen LogP contribution >= 0.6 is 11.3 Å². The average molecular weight is 541 g/mol. The van der Waals surface area contributed by atoms with Crippen LogP contribution in [-0.2, 0) is 15.7 Å². The summed E-state index contributed by atoms with van der Waals surface area (Å²) in [6.07, 6.45) is -2.93. The van der Waals surface area contributed by atoms with Crippen LogP contribution in [0.1, 0.15) is 22.8 Å². The number of hydrogen-bond acceptors (Lipinski definition) is 7. The summed E-state index contributed by atoms with van der Waals surface area (Å²) in [6.45, 7) is 3.99. The van der Waals surface area contributed by atoms with Gasteiger partial charge in [-0.3, -0.25) is 9.59 Å². The van der Waals surface area contributed by atoms with E-state index in [1.807, 2.05) is 12.1 Å². The lowest BCUT2D eigenvalue weighted by molar-refractivity contribution is -0.137. The predicted octanol–water partition coefficient (Wildman–Crippen LogP) is 5.22. The molecular weight excluding hydrogens is 519 g/mol. The third-order valence-electron chi connectivity index (χ3n) is 5.84. The quantitative estimate of drug-likeness (QED) is 0.360. The number of ether oxygens (including phenoxy) is 1. The standard InChI is InChI=1S/C26H21F3N5O3S/c1-15(35)31-25-33-23-20(38-25)7-6-19(16-5-8-21(30-14-16)34-9-11-37-12-10-34)22(23)24(36)32-18-4-2-3-17(13-18)26(27,28)29/h2-3,5-8,13-14H,9-12H2,1H3,(H,32,36)(H,31,33,35). The number of carbonyl (C=O) groups is 2. The highest BCUT2D eigenvalue weighted by molar-refractivity contribution is 7.22. The molecule has 1 fully saturated rings. The van der Waals surface area contributed by atoms with Crippen LogP contribution in [0.3, 0.4) is 0 Å². The van der Waals surface area contributed by atoms with Crippen LogP contribution in [0.2, 0.25) is 0 Å². The molecule has 0 aliphatic carbocycles. The van der Waals surface area contributed by atoms with E-state index in [9.17, 15) is 22.8 Å². The number of thiazole rings is 1. The number of rotatable bonds is 5. The molecule has 0 spiro atoms. The van der Waals surface area contributed by atoms with Gasteiger partial charge in [0, 0.05) is 43.5 Å². The molecule has 2 N–H and O–H groups in total. The summed E-state index contributed by atoms with van der Waals surface area (Å²) in [4.78, 5) is 36.2. The van der Waals surface area contributed by atoms with Crippen molar-refractivity contribution in [2.75, 3.05) is 41.8 Å². The Labute approximate surface area is 219 Å². The van der Waals surface area contributed by atoms with E-state index in [1.54, 1.807) is 18.3 Å². The zero-order chi connectivity index (χ0) is 26.9. The number of amides is 2. The van der Waals surface area contributed by atoms with E-state index in [0.29, 0.717) is 52.8 Å². The monoisotopic (exact) mass is 540 g/mol. The van der Waals surface area contributed by atoms with Gasteiger partial charge in [-0.15, -0.1) is 0 Å². The highest BCUT2D eigenvalue weighted by atomic mass is 32.1. The summed E-state index contributed by atoms with van der Waals surface area (Å²) >= 11 is 1.18. The summed E-state index contributed by atoms with van der Waals surface area (Å²) in [5.41, 5.74) is 0.513. The second-order valence-corrected chi connectivity index (χ2v) is 9.51. The van der Waals surface area contributed by atoms with Crippen LogP contribution in [0.5, 0.6) is 0 Å². The van der Waals surface area contributed by atoms with Gasteiger partial charge in [0.2, 0.25) is 5.91 Å². The van der Waals surface area contributed by atoms with Gasteiger partial charge in [-0.2, -0.15) is 13.2 Å². The molecule has 1 aliphatic rings. The summed E-state index contributed by atoms with van der Waals surface area (Å²) < 4.78 is 45.6. The van der Waals surface area contributed by atoms with Gasteiger partial charge in [-0.25, -0.2) is 9.97 Å². The molecule has 1 saturated heterocycles. The molecule has 4 aromatic rings. The fraction of sp³-hybridized carbons (Fsp3) is 0.231. The van der Waals surface area contributed by atoms with E-state index in [4.69, 9.17) is 4.74 Å². The Balaban J connectivity index is 1.55. The molecule has 0 atom stereocenters. The van der Waals surface area contributed by atoms with Crippen molar-refractivity contribution in [3.8, 4) is 11.1 Å². The Bertz CT molecular complexity index is 1500. The molecule has 2 amide bonds. The lowest BCUT2D eigenvalue weighted by Gasteiger charge is -2.27. The maximum atomic E-state index is 13.6.